The molecule has 1 aliphatic heterocycles. The van der Waals surface area contributed by atoms with Crippen LogP contribution in [0.25, 0.3) is 22.3 Å². The van der Waals surface area contributed by atoms with Crippen LogP contribution in [0.4, 0.5) is 0 Å². The topological polar surface area (TPSA) is 94.6 Å². The first-order chi connectivity index (χ1) is 9.40. The third-order valence-corrected chi connectivity index (χ3v) is 3.71. The lowest BCUT2D eigenvalue weighted by Crippen LogP contribution is -2.43. The fourth-order valence-electron chi connectivity index (χ4n) is 1.77. The summed E-state index contributed by atoms with van der Waals surface area (Å²) in [5.41, 5.74) is 2.32. The molecule has 96 valence electrons. The molecule has 4 heterocycles. The van der Waals surface area contributed by atoms with Crippen molar-refractivity contribution in [2.75, 3.05) is 13.1 Å². The summed E-state index contributed by atoms with van der Waals surface area (Å²) in [5.74, 6) is 0.902. The molecule has 1 fully saturated rings. The van der Waals surface area contributed by atoms with Gasteiger partial charge in [0.15, 0.2) is 5.69 Å². The first kappa shape index (κ1) is 10.8. The van der Waals surface area contributed by atoms with Crippen molar-refractivity contribution < 1.29 is 4.52 Å². The van der Waals surface area contributed by atoms with Crippen molar-refractivity contribution in [3.05, 3.63) is 17.9 Å². The third-order valence-electron chi connectivity index (χ3n) is 2.94. The van der Waals surface area contributed by atoms with Crippen LogP contribution in [0, 0.1) is 0 Å². The van der Waals surface area contributed by atoms with E-state index in [1.807, 2.05) is 10.9 Å². The van der Waals surface area contributed by atoms with Gasteiger partial charge in [-0.25, -0.2) is 4.68 Å². The Morgan fingerprint density at radius 2 is 2.37 bits per heavy atom. The zero-order valence-corrected chi connectivity index (χ0v) is 10.5. The van der Waals surface area contributed by atoms with E-state index in [9.17, 15) is 0 Å². The largest absolute Gasteiger partial charge is 0.332 e. The van der Waals surface area contributed by atoms with Gasteiger partial charge in [0.25, 0.3) is 5.89 Å². The van der Waals surface area contributed by atoms with Gasteiger partial charge in [-0.1, -0.05) is 10.4 Å². The maximum absolute atomic E-state index is 5.21. The number of hydrogen-bond donors (Lipinski definition) is 1. The Morgan fingerprint density at radius 3 is 3.11 bits per heavy atom. The van der Waals surface area contributed by atoms with E-state index in [2.05, 4.69) is 30.8 Å². The lowest BCUT2D eigenvalue weighted by atomic mass is 10.2. The standard InChI is InChI=1S/C10H9N7OS/c1-6(2-11-1)17-4-7(14-16-17)10-13-9(15-18-10)8-3-12-5-19-8/h3-6,11H,1-2H2. The third kappa shape index (κ3) is 1.83. The predicted octanol–water partition coefficient (Wildman–Crippen LogP) is 0.596. The Hall–Kier alpha value is -2.13. The Morgan fingerprint density at radius 1 is 1.42 bits per heavy atom. The van der Waals surface area contributed by atoms with E-state index in [0.29, 0.717) is 23.5 Å². The van der Waals surface area contributed by atoms with Crippen LogP contribution in [0.15, 0.2) is 22.4 Å². The van der Waals surface area contributed by atoms with Crippen LogP contribution in [0.1, 0.15) is 6.04 Å². The van der Waals surface area contributed by atoms with Crippen molar-refractivity contribution in [3.63, 3.8) is 0 Å². The molecule has 0 radical (unpaired) electrons. The van der Waals surface area contributed by atoms with Gasteiger partial charge in [0.05, 0.1) is 22.6 Å². The van der Waals surface area contributed by atoms with E-state index >= 15 is 0 Å². The van der Waals surface area contributed by atoms with Gasteiger partial charge in [-0.3, -0.25) is 4.98 Å². The maximum Gasteiger partial charge on any atom is 0.280 e. The smallest absolute Gasteiger partial charge is 0.280 e. The highest BCUT2D eigenvalue weighted by atomic mass is 32.1. The number of aromatic nitrogens is 6. The van der Waals surface area contributed by atoms with Crippen molar-refractivity contribution in [2.45, 2.75) is 6.04 Å². The average Bonchev–Trinajstić information content (AvgIpc) is 3.08. The van der Waals surface area contributed by atoms with Gasteiger partial charge in [-0.15, -0.1) is 16.4 Å². The summed E-state index contributed by atoms with van der Waals surface area (Å²) in [6, 6.07) is 0.366. The van der Waals surface area contributed by atoms with Gasteiger partial charge in [-0.2, -0.15) is 4.98 Å². The van der Waals surface area contributed by atoms with Crippen molar-refractivity contribution in [3.8, 4) is 22.3 Å². The zero-order chi connectivity index (χ0) is 12.7. The molecule has 0 bridgehead atoms. The molecular weight excluding hydrogens is 266 g/mol. The second kappa shape index (κ2) is 4.21. The molecular formula is C10H9N7OS. The molecule has 3 aromatic heterocycles. The molecule has 1 N–H and O–H groups in total. The molecule has 0 saturated carbocycles. The van der Waals surface area contributed by atoms with Gasteiger partial charge in [0, 0.05) is 19.3 Å². The summed E-state index contributed by atoms with van der Waals surface area (Å²) < 4.78 is 7.03. The fourth-order valence-corrected chi connectivity index (χ4v) is 2.31. The molecule has 1 saturated heterocycles. The molecule has 0 spiro atoms. The van der Waals surface area contributed by atoms with Crippen molar-refractivity contribution in [2.24, 2.45) is 0 Å². The Labute approximate surface area is 111 Å². The van der Waals surface area contributed by atoms with E-state index in [4.69, 9.17) is 4.52 Å². The number of thiazole rings is 1. The zero-order valence-electron chi connectivity index (χ0n) is 9.72. The molecule has 0 aliphatic carbocycles. The first-order valence-corrected chi connectivity index (χ1v) is 6.63. The van der Waals surface area contributed by atoms with Crippen LogP contribution < -0.4 is 5.32 Å². The molecule has 8 nitrogen and oxygen atoms in total. The fraction of sp³-hybridized carbons (Fsp3) is 0.300. The number of hydrogen-bond acceptors (Lipinski definition) is 8. The van der Waals surface area contributed by atoms with Crippen LogP contribution in [-0.2, 0) is 0 Å². The highest BCUT2D eigenvalue weighted by Gasteiger charge is 2.22. The Balaban J connectivity index is 1.63. The predicted molar refractivity (Wildman–Crippen MR) is 66.3 cm³/mol. The van der Waals surface area contributed by atoms with E-state index < -0.39 is 0 Å². The normalized spacial score (nSPS) is 15.6. The van der Waals surface area contributed by atoms with Crippen LogP contribution in [0.2, 0.25) is 0 Å². The number of nitrogens with zero attached hydrogens (tertiary/aromatic N) is 6. The van der Waals surface area contributed by atoms with Crippen molar-refractivity contribution in [1.29, 1.82) is 0 Å². The minimum absolute atomic E-state index is 0.366. The molecule has 4 rings (SSSR count). The molecule has 0 atom stereocenters. The molecule has 0 unspecified atom stereocenters. The summed E-state index contributed by atoms with van der Waals surface area (Å²) >= 11 is 1.46. The van der Waals surface area contributed by atoms with Crippen LogP contribution in [0.3, 0.4) is 0 Å². The first-order valence-electron chi connectivity index (χ1n) is 5.75. The SMILES string of the molecule is c1ncc(-c2noc(-c3cn(C4CNC4)nn3)n2)s1. The monoisotopic (exact) mass is 275 g/mol. The highest BCUT2D eigenvalue weighted by Crippen LogP contribution is 2.23. The second-order valence-electron chi connectivity index (χ2n) is 4.18. The Bertz CT molecular complexity index is 684. The van der Waals surface area contributed by atoms with E-state index in [-0.39, 0.29) is 0 Å². The quantitative estimate of drug-likeness (QED) is 0.747. The van der Waals surface area contributed by atoms with Crippen molar-refractivity contribution >= 4 is 11.3 Å². The van der Waals surface area contributed by atoms with E-state index in [1.165, 1.54) is 11.3 Å². The van der Waals surface area contributed by atoms with Crippen LogP contribution in [-0.4, -0.2) is 43.2 Å². The van der Waals surface area contributed by atoms with Crippen LogP contribution >= 0.6 is 11.3 Å². The summed E-state index contributed by atoms with van der Waals surface area (Å²) in [7, 11) is 0. The van der Waals surface area contributed by atoms with Crippen LogP contribution in [0.5, 0.6) is 0 Å². The molecule has 19 heavy (non-hydrogen) atoms. The molecule has 1 aliphatic rings. The average molecular weight is 275 g/mol. The van der Waals surface area contributed by atoms with Crippen molar-refractivity contribution in [1.82, 2.24) is 35.4 Å². The summed E-state index contributed by atoms with van der Waals surface area (Å²) in [4.78, 5) is 9.15. The van der Waals surface area contributed by atoms with Gasteiger partial charge < -0.3 is 9.84 Å². The molecule has 3 aromatic rings. The molecule has 9 heteroatoms. The lowest BCUT2D eigenvalue weighted by Gasteiger charge is -2.26. The number of nitrogens with one attached hydrogen (secondary N) is 1. The van der Waals surface area contributed by atoms with Gasteiger partial charge in [0.1, 0.15) is 0 Å². The Kier molecular flexibility index (Phi) is 2.38. The second-order valence-corrected chi connectivity index (χ2v) is 5.07. The molecule has 0 aromatic carbocycles. The van der Waals surface area contributed by atoms with Gasteiger partial charge in [-0.05, 0) is 0 Å². The minimum Gasteiger partial charge on any atom is -0.332 e. The van der Waals surface area contributed by atoms with Gasteiger partial charge in [0.2, 0.25) is 5.82 Å². The van der Waals surface area contributed by atoms with E-state index in [1.54, 1.807) is 11.7 Å². The minimum atomic E-state index is 0.366. The number of rotatable bonds is 3. The summed E-state index contributed by atoms with van der Waals surface area (Å²) in [6.45, 7) is 1.83. The maximum atomic E-state index is 5.21. The van der Waals surface area contributed by atoms with E-state index in [0.717, 1.165) is 18.0 Å². The molecule has 0 amide bonds. The lowest BCUT2D eigenvalue weighted by molar-refractivity contribution is 0.313. The summed E-state index contributed by atoms with van der Waals surface area (Å²) in [6.07, 6.45) is 3.53. The highest BCUT2D eigenvalue weighted by molar-refractivity contribution is 7.13. The van der Waals surface area contributed by atoms with Gasteiger partial charge >= 0.3 is 0 Å². The summed E-state index contributed by atoms with van der Waals surface area (Å²) in [5, 5.41) is 15.2.